The lowest BCUT2D eigenvalue weighted by molar-refractivity contribution is -0.132. The van der Waals surface area contributed by atoms with E-state index in [1.807, 2.05) is 26.8 Å². The van der Waals surface area contributed by atoms with Crippen molar-refractivity contribution in [1.82, 2.24) is 4.90 Å². The third-order valence-corrected chi connectivity index (χ3v) is 2.84. The third kappa shape index (κ3) is 3.93. The number of amides is 1. The van der Waals surface area contributed by atoms with Crippen LogP contribution in [0.15, 0.2) is 18.2 Å². The Morgan fingerprint density at radius 3 is 2.53 bits per heavy atom. The van der Waals surface area contributed by atoms with Gasteiger partial charge in [0.1, 0.15) is 5.75 Å². The highest BCUT2D eigenvalue weighted by molar-refractivity contribution is 6.30. The highest BCUT2D eigenvalue weighted by Gasteiger charge is 2.10. The molecule has 0 aromatic heterocycles. The molecule has 0 heterocycles. The van der Waals surface area contributed by atoms with E-state index in [0.29, 0.717) is 23.9 Å². The quantitative estimate of drug-likeness (QED) is 0.810. The van der Waals surface area contributed by atoms with E-state index in [-0.39, 0.29) is 12.5 Å². The Morgan fingerprint density at radius 2 is 2.00 bits per heavy atom. The molecule has 0 fully saturated rings. The molecule has 0 aliphatic rings. The number of carbonyl (C=O) groups excluding carboxylic acids is 1. The first-order valence-electron chi connectivity index (χ1n) is 5.75. The number of likely N-dealkylation sites (N-methyl/N-ethyl adjacent to an activating group) is 1. The zero-order valence-corrected chi connectivity index (χ0v) is 11.3. The molecule has 17 heavy (non-hydrogen) atoms. The van der Waals surface area contributed by atoms with Gasteiger partial charge >= 0.3 is 0 Å². The summed E-state index contributed by atoms with van der Waals surface area (Å²) in [4.78, 5) is 13.5. The van der Waals surface area contributed by atoms with Crippen molar-refractivity contribution < 1.29 is 9.53 Å². The number of hydrogen-bond acceptors (Lipinski definition) is 2. The van der Waals surface area contributed by atoms with Crippen LogP contribution in [0.3, 0.4) is 0 Å². The van der Waals surface area contributed by atoms with Gasteiger partial charge in [-0.25, -0.2) is 0 Å². The standard InChI is InChI=1S/C13H18ClNO2/c1-4-15(5-2)13(16)9-17-12-7-6-11(14)8-10(12)3/h6-8H,4-5,9H2,1-3H3. The summed E-state index contributed by atoms with van der Waals surface area (Å²) in [5.74, 6) is 0.708. The summed E-state index contributed by atoms with van der Waals surface area (Å²) in [5.41, 5.74) is 0.935. The Balaban J connectivity index is 2.58. The van der Waals surface area contributed by atoms with E-state index in [0.717, 1.165) is 5.56 Å². The molecule has 0 saturated heterocycles. The van der Waals surface area contributed by atoms with Crippen LogP contribution in [0, 0.1) is 6.92 Å². The number of benzene rings is 1. The fraction of sp³-hybridized carbons (Fsp3) is 0.462. The maximum Gasteiger partial charge on any atom is 0.260 e. The molecule has 0 atom stereocenters. The molecule has 94 valence electrons. The molecule has 1 aromatic rings. The fourth-order valence-corrected chi connectivity index (χ4v) is 1.81. The molecule has 0 radical (unpaired) electrons. The van der Waals surface area contributed by atoms with E-state index in [1.165, 1.54) is 0 Å². The minimum absolute atomic E-state index is 0.00403. The van der Waals surface area contributed by atoms with Crippen LogP contribution in [0.2, 0.25) is 5.02 Å². The van der Waals surface area contributed by atoms with Gasteiger partial charge in [0.2, 0.25) is 0 Å². The van der Waals surface area contributed by atoms with Gasteiger partial charge in [0.25, 0.3) is 5.91 Å². The summed E-state index contributed by atoms with van der Waals surface area (Å²) in [6, 6.07) is 5.36. The van der Waals surface area contributed by atoms with E-state index in [9.17, 15) is 4.79 Å². The predicted molar refractivity (Wildman–Crippen MR) is 69.6 cm³/mol. The van der Waals surface area contributed by atoms with Crippen molar-refractivity contribution >= 4 is 17.5 Å². The fourth-order valence-electron chi connectivity index (χ4n) is 1.58. The Bertz CT molecular complexity index is 389. The van der Waals surface area contributed by atoms with Crippen LogP contribution in [-0.2, 0) is 4.79 Å². The van der Waals surface area contributed by atoms with Crippen LogP contribution in [0.1, 0.15) is 19.4 Å². The lowest BCUT2D eigenvalue weighted by Crippen LogP contribution is -2.34. The lowest BCUT2D eigenvalue weighted by Gasteiger charge is -2.19. The average molecular weight is 256 g/mol. The van der Waals surface area contributed by atoms with E-state index in [4.69, 9.17) is 16.3 Å². The van der Waals surface area contributed by atoms with Crippen molar-refractivity contribution in [1.29, 1.82) is 0 Å². The number of carbonyl (C=O) groups is 1. The second-order valence-corrected chi connectivity index (χ2v) is 4.20. The predicted octanol–water partition coefficient (Wildman–Crippen LogP) is 2.90. The number of ether oxygens (including phenoxy) is 1. The maximum absolute atomic E-state index is 11.7. The van der Waals surface area contributed by atoms with Gasteiger partial charge in [-0.2, -0.15) is 0 Å². The van der Waals surface area contributed by atoms with Gasteiger partial charge in [-0.15, -0.1) is 0 Å². The van der Waals surface area contributed by atoms with Crippen molar-refractivity contribution in [3.8, 4) is 5.75 Å². The lowest BCUT2D eigenvalue weighted by atomic mass is 10.2. The Hall–Kier alpha value is -1.22. The first-order chi connectivity index (χ1) is 8.08. The normalized spacial score (nSPS) is 10.1. The highest BCUT2D eigenvalue weighted by Crippen LogP contribution is 2.21. The molecule has 0 aliphatic carbocycles. The van der Waals surface area contributed by atoms with Crippen molar-refractivity contribution in [3.05, 3.63) is 28.8 Å². The molecule has 0 spiro atoms. The van der Waals surface area contributed by atoms with Crippen LogP contribution >= 0.6 is 11.6 Å². The monoisotopic (exact) mass is 255 g/mol. The van der Waals surface area contributed by atoms with E-state index in [1.54, 1.807) is 17.0 Å². The van der Waals surface area contributed by atoms with Gasteiger partial charge in [0, 0.05) is 18.1 Å². The Labute approximate surface area is 107 Å². The molecule has 1 rings (SSSR count). The third-order valence-electron chi connectivity index (χ3n) is 2.60. The first kappa shape index (κ1) is 13.8. The van der Waals surface area contributed by atoms with Crippen LogP contribution in [-0.4, -0.2) is 30.5 Å². The van der Waals surface area contributed by atoms with Gasteiger partial charge in [-0.3, -0.25) is 4.79 Å². The van der Waals surface area contributed by atoms with Crippen LogP contribution in [0.4, 0.5) is 0 Å². The summed E-state index contributed by atoms with van der Waals surface area (Å²) in [6.07, 6.45) is 0. The van der Waals surface area contributed by atoms with Crippen molar-refractivity contribution in [2.75, 3.05) is 19.7 Å². The Kier molecular flexibility index (Phi) is 5.29. The van der Waals surface area contributed by atoms with Gasteiger partial charge < -0.3 is 9.64 Å². The number of aryl methyl sites for hydroxylation is 1. The van der Waals surface area contributed by atoms with Crippen molar-refractivity contribution in [2.24, 2.45) is 0 Å². The molecular formula is C13H18ClNO2. The molecule has 0 aliphatic heterocycles. The van der Waals surface area contributed by atoms with Gasteiger partial charge in [0.05, 0.1) is 0 Å². The summed E-state index contributed by atoms with van der Waals surface area (Å²) in [5, 5.41) is 0.671. The SMILES string of the molecule is CCN(CC)C(=O)COc1ccc(Cl)cc1C. The summed E-state index contributed by atoms with van der Waals surface area (Å²) < 4.78 is 5.49. The largest absolute Gasteiger partial charge is 0.483 e. The van der Waals surface area contributed by atoms with E-state index < -0.39 is 0 Å². The molecule has 1 amide bonds. The Morgan fingerprint density at radius 1 is 1.35 bits per heavy atom. The van der Waals surface area contributed by atoms with Gasteiger partial charge in [-0.05, 0) is 44.5 Å². The van der Waals surface area contributed by atoms with Crippen molar-refractivity contribution in [3.63, 3.8) is 0 Å². The molecule has 1 aromatic carbocycles. The molecule has 0 bridgehead atoms. The second kappa shape index (κ2) is 6.50. The summed E-state index contributed by atoms with van der Waals surface area (Å²) >= 11 is 5.84. The maximum atomic E-state index is 11.7. The highest BCUT2D eigenvalue weighted by atomic mass is 35.5. The topological polar surface area (TPSA) is 29.5 Å². The van der Waals surface area contributed by atoms with Crippen LogP contribution < -0.4 is 4.74 Å². The van der Waals surface area contributed by atoms with Gasteiger partial charge in [-0.1, -0.05) is 11.6 Å². The van der Waals surface area contributed by atoms with Crippen LogP contribution in [0.25, 0.3) is 0 Å². The first-order valence-corrected chi connectivity index (χ1v) is 6.13. The number of rotatable bonds is 5. The second-order valence-electron chi connectivity index (χ2n) is 3.76. The summed E-state index contributed by atoms with van der Waals surface area (Å²) in [7, 11) is 0. The molecule has 3 nitrogen and oxygen atoms in total. The number of nitrogens with zero attached hydrogens (tertiary/aromatic N) is 1. The smallest absolute Gasteiger partial charge is 0.260 e. The zero-order valence-electron chi connectivity index (χ0n) is 10.5. The van der Waals surface area contributed by atoms with E-state index >= 15 is 0 Å². The number of halogens is 1. The van der Waals surface area contributed by atoms with Gasteiger partial charge in [0.15, 0.2) is 6.61 Å². The molecular weight excluding hydrogens is 238 g/mol. The minimum Gasteiger partial charge on any atom is -0.483 e. The zero-order chi connectivity index (χ0) is 12.8. The summed E-state index contributed by atoms with van der Waals surface area (Å²) in [6.45, 7) is 7.30. The molecule has 4 heteroatoms. The van der Waals surface area contributed by atoms with E-state index in [2.05, 4.69) is 0 Å². The molecule has 0 N–H and O–H groups in total. The average Bonchev–Trinajstić information content (AvgIpc) is 2.29. The van der Waals surface area contributed by atoms with Crippen molar-refractivity contribution in [2.45, 2.75) is 20.8 Å². The minimum atomic E-state index is 0.00403. The van der Waals surface area contributed by atoms with Crippen LogP contribution in [0.5, 0.6) is 5.75 Å². The molecule has 0 saturated carbocycles. The molecule has 0 unspecified atom stereocenters. The number of hydrogen-bond donors (Lipinski definition) is 0.